The molecule has 0 aliphatic carbocycles. The lowest BCUT2D eigenvalue weighted by Crippen LogP contribution is -2.22. The van der Waals surface area contributed by atoms with E-state index in [9.17, 15) is 14.4 Å². The molecule has 2 aromatic heterocycles. The molecule has 0 fully saturated rings. The smallest absolute Gasteiger partial charge is 0.355 e. The van der Waals surface area contributed by atoms with Crippen molar-refractivity contribution in [2.24, 2.45) is 0 Å². The molecule has 0 aliphatic heterocycles. The standard InChI is InChI=1S/C19H17N3O4S/c1-12(23)14-8-17(20-9-14)18(25)26-10-15-11-27-19(21-15)22(13(2)24)16-6-4-3-5-7-16/h3-9,11,20H,10H2,1-2H3. The molecule has 1 N–H and O–H groups in total. The van der Waals surface area contributed by atoms with Gasteiger partial charge in [0.2, 0.25) is 5.91 Å². The Bertz CT molecular complexity index is 978. The Labute approximate surface area is 159 Å². The molecule has 0 spiro atoms. The zero-order valence-electron chi connectivity index (χ0n) is 14.8. The number of amides is 1. The van der Waals surface area contributed by atoms with Crippen LogP contribution in [0.5, 0.6) is 0 Å². The first kappa shape index (κ1) is 18.5. The summed E-state index contributed by atoms with van der Waals surface area (Å²) in [6, 6.07) is 10.6. The maximum Gasteiger partial charge on any atom is 0.355 e. The molecule has 8 heteroatoms. The van der Waals surface area contributed by atoms with Crippen LogP contribution < -0.4 is 4.90 Å². The molecule has 3 rings (SSSR count). The highest BCUT2D eigenvalue weighted by atomic mass is 32.1. The lowest BCUT2D eigenvalue weighted by atomic mass is 10.2. The van der Waals surface area contributed by atoms with Crippen LogP contribution in [0, 0.1) is 0 Å². The second-order valence-corrected chi connectivity index (χ2v) is 6.58. The quantitative estimate of drug-likeness (QED) is 0.517. The topological polar surface area (TPSA) is 92.4 Å². The van der Waals surface area contributed by atoms with E-state index < -0.39 is 5.97 Å². The molecule has 0 saturated carbocycles. The van der Waals surface area contributed by atoms with Crippen molar-refractivity contribution in [3.8, 4) is 0 Å². The summed E-state index contributed by atoms with van der Waals surface area (Å²) < 4.78 is 5.23. The Morgan fingerprint density at radius 1 is 1.19 bits per heavy atom. The first-order valence-corrected chi connectivity index (χ1v) is 9.00. The lowest BCUT2D eigenvalue weighted by Gasteiger charge is -2.17. The molecule has 27 heavy (non-hydrogen) atoms. The van der Waals surface area contributed by atoms with E-state index in [1.54, 1.807) is 5.38 Å². The number of aromatic nitrogens is 2. The number of carbonyl (C=O) groups excluding carboxylic acids is 3. The van der Waals surface area contributed by atoms with E-state index in [1.807, 2.05) is 30.3 Å². The van der Waals surface area contributed by atoms with Crippen molar-refractivity contribution >= 4 is 39.8 Å². The number of H-pyrrole nitrogens is 1. The Balaban J connectivity index is 1.69. The van der Waals surface area contributed by atoms with Crippen LogP contribution in [0.3, 0.4) is 0 Å². The number of Topliss-reactive ketones (excluding diaryl/α,β-unsaturated/α-hetero) is 1. The van der Waals surface area contributed by atoms with Crippen molar-refractivity contribution in [3.05, 3.63) is 64.9 Å². The highest BCUT2D eigenvalue weighted by Crippen LogP contribution is 2.28. The molecule has 1 amide bonds. The van der Waals surface area contributed by atoms with Crippen molar-refractivity contribution in [2.45, 2.75) is 20.5 Å². The average Bonchev–Trinajstić information content (AvgIpc) is 3.30. The molecule has 0 aliphatic rings. The third kappa shape index (κ3) is 4.29. The van der Waals surface area contributed by atoms with Crippen LogP contribution in [0.15, 0.2) is 48.0 Å². The molecule has 138 valence electrons. The normalized spacial score (nSPS) is 10.4. The summed E-state index contributed by atoms with van der Waals surface area (Å²) in [5, 5.41) is 2.23. The van der Waals surface area contributed by atoms with Gasteiger partial charge in [-0.25, -0.2) is 9.78 Å². The van der Waals surface area contributed by atoms with Crippen LogP contribution in [-0.2, 0) is 16.1 Å². The maximum atomic E-state index is 12.1. The van der Waals surface area contributed by atoms with E-state index in [0.29, 0.717) is 22.1 Å². The fraction of sp³-hybridized carbons (Fsp3) is 0.158. The Kier molecular flexibility index (Phi) is 5.46. The van der Waals surface area contributed by atoms with Crippen LogP contribution in [0.4, 0.5) is 10.8 Å². The van der Waals surface area contributed by atoms with Crippen LogP contribution >= 0.6 is 11.3 Å². The van der Waals surface area contributed by atoms with Crippen molar-refractivity contribution < 1.29 is 19.1 Å². The van der Waals surface area contributed by atoms with Gasteiger partial charge in [0, 0.05) is 24.1 Å². The predicted molar refractivity (Wildman–Crippen MR) is 101 cm³/mol. The number of esters is 1. The minimum Gasteiger partial charge on any atom is -0.454 e. The highest BCUT2D eigenvalue weighted by Gasteiger charge is 2.18. The molecule has 7 nitrogen and oxygen atoms in total. The first-order valence-electron chi connectivity index (χ1n) is 8.12. The Hall–Kier alpha value is -3.26. The Morgan fingerprint density at radius 3 is 2.56 bits per heavy atom. The number of hydrogen-bond acceptors (Lipinski definition) is 6. The number of benzene rings is 1. The number of rotatable bonds is 6. The molecular weight excluding hydrogens is 366 g/mol. The van der Waals surface area contributed by atoms with E-state index in [1.165, 1.54) is 42.3 Å². The fourth-order valence-electron chi connectivity index (χ4n) is 2.40. The van der Waals surface area contributed by atoms with Gasteiger partial charge < -0.3 is 9.72 Å². The molecule has 0 bridgehead atoms. The first-order chi connectivity index (χ1) is 13.0. The summed E-state index contributed by atoms with van der Waals surface area (Å²) >= 11 is 1.29. The highest BCUT2D eigenvalue weighted by molar-refractivity contribution is 7.14. The lowest BCUT2D eigenvalue weighted by molar-refractivity contribution is -0.115. The van der Waals surface area contributed by atoms with Crippen LogP contribution in [-0.4, -0.2) is 27.6 Å². The van der Waals surface area contributed by atoms with Crippen molar-refractivity contribution in [1.29, 1.82) is 0 Å². The largest absolute Gasteiger partial charge is 0.454 e. The molecule has 3 aromatic rings. The van der Waals surface area contributed by atoms with Gasteiger partial charge in [-0.15, -0.1) is 11.3 Å². The summed E-state index contributed by atoms with van der Waals surface area (Å²) in [4.78, 5) is 44.0. The summed E-state index contributed by atoms with van der Waals surface area (Å²) in [7, 11) is 0. The van der Waals surface area contributed by atoms with Crippen molar-refractivity contribution in [1.82, 2.24) is 9.97 Å². The summed E-state index contributed by atoms with van der Waals surface area (Å²) in [6.45, 7) is 2.85. The number of carbonyl (C=O) groups is 3. The van der Waals surface area contributed by atoms with Gasteiger partial charge in [-0.1, -0.05) is 18.2 Å². The van der Waals surface area contributed by atoms with E-state index in [0.717, 1.165) is 0 Å². The Morgan fingerprint density at radius 2 is 1.93 bits per heavy atom. The van der Waals surface area contributed by atoms with Crippen LogP contribution in [0.2, 0.25) is 0 Å². The molecular formula is C19H17N3O4S. The zero-order chi connectivity index (χ0) is 19.4. The van der Waals surface area contributed by atoms with E-state index >= 15 is 0 Å². The second kappa shape index (κ2) is 7.96. The molecule has 0 radical (unpaired) electrons. The molecule has 0 atom stereocenters. The van der Waals surface area contributed by atoms with Crippen molar-refractivity contribution in [2.75, 3.05) is 4.90 Å². The number of anilines is 2. The minimum absolute atomic E-state index is 0.0374. The number of nitrogens with zero attached hydrogens (tertiary/aromatic N) is 2. The maximum absolute atomic E-state index is 12.1. The van der Waals surface area contributed by atoms with E-state index in [-0.39, 0.29) is 24.0 Å². The number of ether oxygens (including phenoxy) is 1. The van der Waals surface area contributed by atoms with Gasteiger partial charge in [0.1, 0.15) is 12.3 Å². The molecule has 1 aromatic carbocycles. The monoisotopic (exact) mass is 383 g/mol. The number of ketones is 1. The predicted octanol–water partition coefficient (Wildman–Crippen LogP) is 3.72. The van der Waals surface area contributed by atoms with Gasteiger partial charge in [-0.2, -0.15) is 0 Å². The van der Waals surface area contributed by atoms with Crippen LogP contribution in [0.25, 0.3) is 0 Å². The zero-order valence-corrected chi connectivity index (χ0v) is 15.6. The third-order valence-electron chi connectivity index (χ3n) is 3.72. The molecule has 0 saturated heterocycles. The van der Waals surface area contributed by atoms with Gasteiger partial charge >= 0.3 is 5.97 Å². The SMILES string of the molecule is CC(=O)c1c[nH]c(C(=O)OCc2csc(N(C(C)=O)c3ccccc3)n2)c1. The van der Waals surface area contributed by atoms with Gasteiger partial charge in [-0.3, -0.25) is 14.5 Å². The number of thiazole rings is 1. The van der Waals surface area contributed by atoms with E-state index in [4.69, 9.17) is 4.74 Å². The van der Waals surface area contributed by atoms with Crippen molar-refractivity contribution in [3.63, 3.8) is 0 Å². The third-order valence-corrected chi connectivity index (χ3v) is 4.60. The number of hydrogen-bond donors (Lipinski definition) is 1. The molecule has 0 unspecified atom stereocenters. The summed E-state index contributed by atoms with van der Waals surface area (Å²) in [6.07, 6.45) is 1.46. The van der Waals surface area contributed by atoms with Gasteiger partial charge in [0.25, 0.3) is 0 Å². The van der Waals surface area contributed by atoms with Gasteiger partial charge in [-0.05, 0) is 25.1 Å². The summed E-state index contributed by atoms with van der Waals surface area (Å²) in [5.74, 6) is -0.884. The number of nitrogens with one attached hydrogen (secondary N) is 1. The molecule has 2 heterocycles. The number of para-hydroxylation sites is 1. The average molecular weight is 383 g/mol. The van der Waals surface area contributed by atoms with Gasteiger partial charge in [0.15, 0.2) is 10.9 Å². The van der Waals surface area contributed by atoms with Gasteiger partial charge in [0.05, 0.1) is 11.4 Å². The summed E-state index contributed by atoms with van der Waals surface area (Å²) in [5.41, 5.74) is 1.86. The minimum atomic E-state index is -0.580. The second-order valence-electron chi connectivity index (χ2n) is 5.75. The van der Waals surface area contributed by atoms with E-state index in [2.05, 4.69) is 9.97 Å². The fourth-order valence-corrected chi connectivity index (χ4v) is 3.27. The number of aromatic amines is 1. The van der Waals surface area contributed by atoms with Crippen LogP contribution in [0.1, 0.15) is 40.4 Å².